The van der Waals surface area contributed by atoms with Gasteiger partial charge in [-0.2, -0.15) is 0 Å². The topological polar surface area (TPSA) is 64.7 Å². The van der Waals surface area contributed by atoms with Crippen LogP contribution >= 0.6 is 22.7 Å². The summed E-state index contributed by atoms with van der Waals surface area (Å²) in [6.45, 7) is 0. The number of benzene rings is 7. The van der Waals surface area contributed by atoms with Crippen LogP contribution in [0.5, 0.6) is 0 Å². The van der Waals surface area contributed by atoms with Gasteiger partial charge in [-0.15, -0.1) is 22.7 Å². The highest BCUT2D eigenvalue weighted by molar-refractivity contribution is 7.26. The quantitative estimate of drug-likeness (QED) is 0.178. The first-order valence-corrected chi connectivity index (χ1v) is 19.0. The van der Waals surface area contributed by atoms with Crippen molar-refractivity contribution in [1.29, 1.82) is 0 Å². The van der Waals surface area contributed by atoms with Gasteiger partial charge in [0.25, 0.3) is 0 Å². The van der Waals surface area contributed by atoms with Crippen molar-refractivity contribution in [1.82, 2.24) is 19.9 Å². The molecule has 4 heterocycles. The standard InChI is InChI=1S/C46H26N4OS2/c1-2-11-28(12-3-1)43-48-44(50-45(49-43)34-17-8-15-32-31-13-4-6-21-38(31)52-42(32)34)33-16-10-20-37-41(33)40-30(14-9-19-36(40)51-37)27-23-25-29(26-24-27)46-47-35-18-5-7-22-39(35)53-46/h1-26H. The van der Waals surface area contributed by atoms with Crippen molar-refractivity contribution < 1.29 is 4.42 Å². The minimum Gasteiger partial charge on any atom is -0.456 e. The van der Waals surface area contributed by atoms with Gasteiger partial charge in [0.15, 0.2) is 17.5 Å². The van der Waals surface area contributed by atoms with Crippen molar-refractivity contribution in [3.8, 4) is 55.9 Å². The SMILES string of the molecule is c1ccc(-c2nc(-c3cccc4c3sc3ccccc34)nc(-c3cccc4oc5cccc(-c6ccc(-c7nc8ccccc8s7)cc6)c5c34)n2)cc1. The fraction of sp³-hybridized carbons (Fsp3) is 0. The number of thiazole rings is 1. The molecule has 0 aliphatic rings. The number of hydrogen-bond acceptors (Lipinski definition) is 7. The first-order valence-electron chi connectivity index (χ1n) is 17.4. The smallest absolute Gasteiger partial charge is 0.165 e. The van der Waals surface area contributed by atoms with Gasteiger partial charge in [0.05, 0.1) is 10.2 Å². The van der Waals surface area contributed by atoms with E-state index in [1.54, 1.807) is 22.7 Å². The lowest BCUT2D eigenvalue weighted by molar-refractivity contribution is 0.669. The minimum atomic E-state index is 0.598. The van der Waals surface area contributed by atoms with Gasteiger partial charge in [-0.3, -0.25) is 0 Å². The fourth-order valence-corrected chi connectivity index (χ4v) is 9.52. The van der Waals surface area contributed by atoms with Gasteiger partial charge >= 0.3 is 0 Å². The van der Waals surface area contributed by atoms with E-state index >= 15 is 0 Å². The number of furan rings is 1. The second-order valence-electron chi connectivity index (χ2n) is 13.0. The van der Waals surface area contributed by atoms with Crippen LogP contribution in [0.15, 0.2) is 162 Å². The van der Waals surface area contributed by atoms with Crippen LogP contribution < -0.4 is 0 Å². The van der Waals surface area contributed by atoms with Crippen LogP contribution in [-0.2, 0) is 0 Å². The van der Waals surface area contributed by atoms with Crippen molar-refractivity contribution in [2.75, 3.05) is 0 Å². The van der Waals surface area contributed by atoms with Gasteiger partial charge in [0.2, 0.25) is 0 Å². The molecule has 7 heteroatoms. The van der Waals surface area contributed by atoms with Crippen LogP contribution in [-0.4, -0.2) is 19.9 Å². The maximum atomic E-state index is 6.55. The van der Waals surface area contributed by atoms with Gasteiger partial charge in [-0.25, -0.2) is 19.9 Å². The van der Waals surface area contributed by atoms with E-state index in [2.05, 4.69) is 103 Å². The molecule has 53 heavy (non-hydrogen) atoms. The van der Waals surface area contributed by atoms with Crippen LogP contribution in [0.25, 0.3) is 108 Å². The number of hydrogen-bond donors (Lipinski definition) is 0. The molecular formula is C46H26N4OS2. The number of aromatic nitrogens is 4. The Labute approximate surface area is 311 Å². The Balaban J connectivity index is 1.11. The lowest BCUT2D eigenvalue weighted by Crippen LogP contribution is -2.00. The Bertz CT molecular complexity index is 3150. The predicted molar refractivity (Wildman–Crippen MR) is 220 cm³/mol. The average molecular weight is 715 g/mol. The van der Waals surface area contributed by atoms with E-state index in [1.807, 2.05) is 54.6 Å². The molecule has 0 bridgehead atoms. The highest BCUT2D eigenvalue weighted by atomic mass is 32.1. The second-order valence-corrected chi connectivity index (χ2v) is 15.1. The summed E-state index contributed by atoms with van der Waals surface area (Å²) in [7, 11) is 0. The molecule has 0 aliphatic heterocycles. The Morgan fingerprint density at radius 1 is 0.377 bits per heavy atom. The normalized spacial score (nSPS) is 11.8. The lowest BCUT2D eigenvalue weighted by atomic mass is 9.96. The third kappa shape index (κ3) is 4.97. The zero-order valence-corrected chi connectivity index (χ0v) is 29.7. The summed E-state index contributed by atoms with van der Waals surface area (Å²) in [5.74, 6) is 1.86. The molecule has 7 aromatic carbocycles. The summed E-state index contributed by atoms with van der Waals surface area (Å²) in [5.41, 5.74) is 8.70. The molecule has 0 saturated heterocycles. The molecule has 4 aromatic heterocycles. The molecule has 0 N–H and O–H groups in total. The Morgan fingerprint density at radius 3 is 1.79 bits per heavy atom. The largest absolute Gasteiger partial charge is 0.456 e. The van der Waals surface area contributed by atoms with Gasteiger partial charge in [-0.1, -0.05) is 121 Å². The third-order valence-electron chi connectivity index (χ3n) is 9.81. The van der Waals surface area contributed by atoms with Crippen molar-refractivity contribution in [2.45, 2.75) is 0 Å². The van der Waals surface area contributed by atoms with E-state index in [-0.39, 0.29) is 0 Å². The lowest BCUT2D eigenvalue weighted by Gasteiger charge is -2.10. The Morgan fingerprint density at radius 2 is 0.981 bits per heavy atom. The predicted octanol–water partition coefficient (Wildman–Crippen LogP) is 13.1. The van der Waals surface area contributed by atoms with Crippen molar-refractivity contribution >= 4 is 75.0 Å². The molecule has 0 fully saturated rings. The molecule has 0 unspecified atom stereocenters. The summed E-state index contributed by atoms with van der Waals surface area (Å²) in [5, 5.41) is 5.46. The van der Waals surface area contributed by atoms with E-state index in [0.717, 1.165) is 70.5 Å². The maximum absolute atomic E-state index is 6.55. The highest BCUT2D eigenvalue weighted by Gasteiger charge is 2.21. The molecule has 248 valence electrons. The zero-order chi connectivity index (χ0) is 34.9. The Hall–Kier alpha value is -6.54. The summed E-state index contributed by atoms with van der Waals surface area (Å²) < 4.78 is 10.1. The molecular weight excluding hydrogens is 689 g/mol. The number of para-hydroxylation sites is 1. The van der Waals surface area contributed by atoms with Crippen LogP contribution in [0.1, 0.15) is 0 Å². The molecule has 5 nitrogen and oxygen atoms in total. The molecule has 0 aliphatic carbocycles. The molecule has 0 spiro atoms. The highest BCUT2D eigenvalue weighted by Crippen LogP contribution is 2.43. The summed E-state index contributed by atoms with van der Waals surface area (Å²) in [6.07, 6.45) is 0. The maximum Gasteiger partial charge on any atom is 0.165 e. The zero-order valence-electron chi connectivity index (χ0n) is 28.0. The molecule has 11 rings (SSSR count). The first kappa shape index (κ1) is 30.1. The molecule has 11 aromatic rings. The third-order valence-corrected chi connectivity index (χ3v) is 12.1. The van der Waals surface area contributed by atoms with Crippen molar-refractivity contribution in [3.63, 3.8) is 0 Å². The number of rotatable bonds is 5. The Kier molecular flexibility index (Phi) is 6.83. The first-order chi connectivity index (χ1) is 26.2. The van der Waals surface area contributed by atoms with Crippen LogP contribution in [0.3, 0.4) is 0 Å². The van der Waals surface area contributed by atoms with E-state index in [9.17, 15) is 0 Å². The number of thiophene rings is 1. The van der Waals surface area contributed by atoms with E-state index in [4.69, 9.17) is 24.4 Å². The summed E-state index contributed by atoms with van der Waals surface area (Å²) in [4.78, 5) is 20.4. The summed E-state index contributed by atoms with van der Waals surface area (Å²) >= 11 is 3.49. The van der Waals surface area contributed by atoms with E-state index in [0.29, 0.717) is 17.5 Å². The molecule has 0 amide bonds. The van der Waals surface area contributed by atoms with Crippen molar-refractivity contribution in [3.05, 3.63) is 158 Å². The van der Waals surface area contributed by atoms with Crippen LogP contribution in [0.4, 0.5) is 0 Å². The van der Waals surface area contributed by atoms with E-state index < -0.39 is 0 Å². The van der Waals surface area contributed by atoms with Crippen LogP contribution in [0, 0.1) is 0 Å². The second kappa shape index (κ2) is 12.0. The molecule has 0 saturated carbocycles. The monoisotopic (exact) mass is 714 g/mol. The van der Waals surface area contributed by atoms with Crippen LogP contribution in [0.2, 0.25) is 0 Å². The van der Waals surface area contributed by atoms with Gasteiger partial charge < -0.3 is 4.42 Å². The number of fused-ring (bicyclic) bond motifs is 7. The van der Waals surface area contributed by atoms with Gasteiger partial charge in [-0.05, 0) is 47.5 Å². The summed E-state index contributed by atoms with van der Waals surface area (Å²) in [6, 6.07) is 54.4. The number of nitrogens with zero attached hydrogens (tertiary/aromatic N) is 4. The average Bonchev–Trinajstić information content (AvgIpc) is 3.94. The minimum absolute atomic E-state index is 0.598. The van der Waals surface area contributed by atoms with Gasteiger partial charge in [0.1, 0.15) is 16.2 Å². The van der Waals surface area contributed by atoms with Crippen molar-refractivity contribution in [2.24, 2.45) is 0 Å². The van der Waals surface area contributed by atoms with Gasteiger partial charge in [0, 0.05) is 53.2 Å². The molecule has 0 atom stereocenters. The fourth-order valence-electron chi connectivity index (χ4n) is 7.34. The molecule has 0 radical (unpaired) electrons. The van der Waals surface area contributed by atoms with E-state index in [1.165, 1.54) is 20.2 Å².